The van der Waals surface area contributed by atoms with E-state index in [0.29, 0.717) is 21.8 Å². The highest BCUT2D eigenvalue weighted by Crippen LogP contribution is 2.27. The lowest BCUT2D eigenvalue weighted by Crippen LogP contribution is -2.36. The van der Waals surface area contributed by atoms with Gasteiger partial charge in [0.1, 0.15) is 17.2 Å². The highest BCUT2D eigenvalue weighted by Gasteiger charge is 2.28. The van der Waals surface area contributed by atoms with Crippen LogP contribution < -0.4 is 14.6 Å². The van der Waals surface area contributed by atoms with Crippen molar-refractivity contribution in [2.75, 3.05) is 4.31 Å². The fraction of sp³-hybridized carbons (Fsp3) is 0.0417. The zero-order valence-electron chi connectivity index (χ0n) is 16.9. The van der Waals surface area contributed by atoms with Crippen molar-refractivity contribution in [2.24, 2.45) is 0 Å². The van der Waals surface area contributed by atoms with Crippen molar-refractivity contribution in [3.05, 3.63) is 119 Å². The van der Waals surface area contributed by atoms with Crippen LogP contribution in [0.2, 0.25) is 0 Å². The van der Waals surface area contributed by atoms with Crippen molar-refractivity contribution in [2.45, 2.75) is 11.4 Å². The first-order valence-electron chi connectivity index (χ1n) is 9.76. The Morgan fingerprint density at radius 2 is 1.38 bits per heavy atom. The van der Waals surface area contributed by atoms with Crippen molar-refractivity contribution in [1.29, 1.82) is 0 Å². The normalized spacial score (nSPS) is 11.1. The molecule has 0 atom stereocenters. The van der Waals surface area contributed by atoms with E-state index in [-0.39, 0.29) is 17.1 Å². The lowest BCUT2D eigenvalue weighted by Gasteiger charge is -2.24. The Morgan fingerprint density at radius 3 is 2.03 bits per heavy atom. The molecule has 1 aromatic heterocycles. The molecule has 0 amide bonds. The summed E-state index contributed by atoms with van der Waals surface area (Å²) in [6, 6.07) is 26.8. The molecule has 0 spiro atoms. The maximum Gasteiger partial charge on any atom is 0.307 e. The van der Waals surface area contributed by atoms with E-state index in [0.717, 1.165) is 10.5 Å². The summed E-state index contributed by atoms with van der Waals surface area (Å²) in [5.41, 5.74) is -0.313. The molecule has 0 bridgehead atoms. The van der Waals surface area contributed by atoms with Crippen LogP contribution in [0.15, 0.2) is 113 Å². The van der Waals surface area contributed by atoms with Crippen LogP contribution in [0.25, 0.3) is 0 Å². The summed E-state index contributed by atoms with van der Waals surface area (Å²) >= 11 is 0. The average molecular weight is 449 g/mol. The molecule has 3 aromatic carbocycles. The maximum absolute atomic E-state index is 13.5. The van der Waals surface area contributed by atoms with Gasteiger partial charge in [-0.1, -0.05) is 48.5 Å². The van der Waals surface area contributed by atoms with E-state index >= 15 is 0 Å². The first-order valence-corrected chi connectivity index (χ1v) is 11.2. The minimum absolute atomic E-state index is 0.0124. The molecule has 4 rings (SSSR count). The second-order valence-electron chi connectivity index (χ2n) is 6.93. The quantitative estimate of drug-likeness (QED) is 0.427. The van der Waals surface area contributed by atoms with E-state index in [1.165, 1.54) is 24.3 Å². The zero-order chi connectivity index (χ0) is 22.6. The van der Waals surface area contributed by atoms with Gasteiger partial charge in [0.05, 0.1) is 11.4 Å². The molecule has 0 radical (unpaired) electrons. The van der Waals surface area contributed by atoms with Gasteiger partial charge in [0.25, 0.3) is 10.0 Å². The van der Waals surface area contributed by atoms with Gasteiger partial charge in [-0.2, -0.15) is 4.73 Å². The largest absolute Gasteiger partial charge is 0.457 e. The summed E-state index contributed by atoms with van der Waals surface area (Å²) in [5.74, 6) is 1.10. The number of anilines is 1. The number of sulfonamides is 1. The van der Waals surface area contributed by atoms with Gasteiger partial charge in [-0.3, -0.25) is 9.10 Å². The molecular weight excluding hydrogens is 428 g/mol. The Balaban J connectivity index is 1.71. The van der Waals surface area contributed by atoms with Crippen LogP contribution in [0.5, 0.6) is 11.5 Å². The number of hydrogen-bond acceptors (Lipinski definition) is 5. The Labute approximate surface area is 185 Å². The van der Waals surface area contributed by atoms with Crippen molar-refractivity contribution in [3.8, 4) is 11.5 Å². The van der Waals surface area contributed by atoms with Gasteiger partial charge >= 0.3 is 5.56 Å². The van der Waals surface area contributed by atoms with Gasteiger partial charge in [-0.05, 0) is 54.1 Å². The molecule has 0 aliphatic rings. The first kappa shape index (κ1) is 21.2. The third kappa shape index (κ3) is 4.50. The third-order valence-corrected chi connectivity index (χ3v) is 6.51. The van der Waals surface area contributed by atoms with Gasteiger partial charge < -0.3 is 9.94 Å². The second kappa shape index (κ2) is 8.99. The number of para-hydroxylation sites is 1. The van der Waals surface area contributed by atoms with Gasteiger partial charge in [0.2, 0.25) is 0 Å². The van der Waals surface area contributed by atoms with Gasteiger partial charge in [-0.25, -0.2) is 8.42 Å². The number of aromatic nitrogens is 1. The number of ether oxygens (including phenoxy) is 1. The summed E-state index contributed by atoms with van der Waals surface area (Å²) in [6.45, 7) is -0.0787. The van der Waals surface area contributed by atoms with E-state index in [2.05, 4.69) is 0 Å². The molecule has 32 heavy (non-hydrogen) atoms. The third-order valence-electron chi connectivity index (χ3n) is 4.74. The van der Waals surface area contributed by atoms with Crippen molar-refractivity contribution >= 4 is 15.7 Å². The maximum atomic E-state index is 13.5. The van der Waals surface area contributed by atoms with Crippen LogP contribution in [0.3, 0.4) is 0 Å². The van der Waals surface area contributed by atoms with Crippen LogP contribution in [0, 0.1) is 0 Å². The molecule has 0 saturated carbocycles. The average Bonchev–Trinajstić information content (AvgIpc) is 2.81. The Hall–Kier alpha value is -4.04. The molecule has 1 N–H and O–H groups in total. The monoisotopic (exact) mass is 448 g/mol. The Bertz CT molecular complexity index is 1350. The molecule has 7 nitrogen and oxygen atoms in total. The minimum Gasteiger partial charge on any atom is -0.457 e. The molecule has 0 unspecified atom stereocenters. The molecule has 0 saturated heterocycles. The lowest BCUT2D eigenvalue weighted by atomic mass is 10.2. The van der Waals surface area contributed by atoms with Crippen molar-refractivity contribution in [3.63, 3.8) is 0 Å². The molecule has 1 heterocycles. The van der Waals surface area contributed by atoms with Crippen LogP contribution in [-0.2, 0) is 16.6 Å². The minimum atomic E-state index is -4.13. The SMILES string of the molecule is O=c1c(N(Cc2ccccc2)S(=O)(=O)c2ccc(Oc3ccccc3)cc2)cccn1O. The van der Waals surface area contributed by atoms with E-state index in [1.807, 2.05) is 24.3 Å². The highest BCUT2D eigenvalue weighted by atomic mass is 32.2. The lowest BCUT2D eigenvalue weighted by molar-refractivity contribution is 0.175. The molecular formula is C24H20N2O5S. The van der Waals surface area contributed by atoms with Crippen LogP contribution in [-0.4, -0.2) is 18.4 Å². The Kier molecular flexibility index (Phi) is 5.96. The fourth-order valence-corrected chi connectivity index (χ4v) is 4.59. The van der Waals surface area contributed by atoms with Crippen LogP contribution >= 0.6 is 0 Å². The van der Waals surface area contributed by atoms with E-state index in [4.69, 9.17) is 4.74 Å². The molecule has 4 aromatic rings. The highest BCUT2D eigenvalue weighted by molar-refractivity contribution is 7.92. The zero-order valence-corrected chi connectivity index (χ0v) is 17.7. The number of hydrogen-bond donors (Lipinski definition) is 1. The van der Waals surface area contributed by atoms with E-state index < -0.39 is 15.6 Å². The number of benzene rings is 3. The molecule has 8 heteroatoms. The Morgan fingerprint density at radius 1 is 0.781 bits per heavy atom. The second-order valence-corrected chi connectivity index (χ2v) is 8.79. The summed E-state index contributed by atoms with van der Waals surface area (Å²) < 4.78 is 34.1. The number of pyridine rings is 1. The molecule has 0 aliphatic carbocycles. The predicted octanol–water partition coefficient (Wildman–Crippen LogP) is 4.27. The van der Waals surface area contributed by atoms with Crippen LogP contribution in [0.1, 0.15) is 5.56 Å². The first-order chi connectivity index (χ1) is 15.4. The van der Waals surface area contributed by atoms with Crippen LogP contribution in [0.4, 0.5) is 5.69 Å². The topological polar surface area (TPSA) is 88.8 Å². The fourth-order valence-electron chi connectivity index (χ4n) is 3.14. The number of nitrogens with zero attached hydrogens (tertiary/aromatic N) is 2. The summed E-state index contributed by atoms with van der Waals surface area (Å²) in [5, 5.41) is 9.79. The standard InChI is InChI=1S/C24H20N2O5S/c27-24-23(12-7-17-25(24)28)26(18-19-8-3-1-4-9-19)32(29,30)22-15-13-21(14-16-22)31-20-10-5-2-6-11-20/h1-17,28H,18H2. The predicted molar refractivity (Wildman–Crippen MR) is 121 cm³/mol. The smallest absolute Gasteiger partial charge is 0.307 e. The summed E-state index contributed by atoms with van der Waals surface area (Å²) in [6.07, 6.45) is 1.15. The molecule has 0 fully saturated rings. The van der Waals surface area contributed by atoms with Gasteiger partial charge in [0, 0.05) is 6.20 Å². The van der Waals surface area contributed by atoms with E-state index in [1.54, 1.807) is 48.5 Å². The summed E-state index contributed by atoms with van der Waals surface area (Å²) in [7, 11) is -4.13. The van der Waals surface area contributed by atoms with Gasteiger partial charge in [-0.15, -0.1) is 0 Å². The van der Waals surface area contributed by atoms with E-state index in [9.17, 15) is 18.4 Å². The summed E-state index contributed by atoms with van der Waals surface area (Å²) in [4.78, 5) is 12.5. The van der Waals surface area contributed by atoms with Crippen molar-refractivity contribution < 1.29 is 18.4 Å². The van der Waals surface area contributed by atoms with Crippen molar-refractivity contribution in [1.82, 2.24) is 4.73 Å². The molecule has 162 valence electrons. The number of rotatable bonds is 7. The van der Waals surface area contributed by atoms with Gasteiger partial charge in [0.15, 0.2) is 0 Å². The molecule has 0 aliphatic heterocycles.